The van der Waals surface area contributed by atoms with Crippen molar-refractivity contribution >= 4 is 0 Å². The van der Waals surface area contributed by atoms with Gasteiger partial charge in [-0.05, 0) is 12.0 Å². The molecule has 0 unspecified atom stereocenters. The van der Waals surface area contributed by atoms with Gasteiger partial charge in [-0.1, -0.05) is 13.2 Å². The predicted molar refractivity (Wildman–Crippen MR) is 34.4 cm³/mol. The van der Waals surface area contributed by atoms with Crippen LogP contribution >= 0.6 is 0 Å². The lowest BCUT2D eigenvalue weighted by molar-refractivity contribution is 0.916. The summed E-state index contributed by atoms with van der Waals surface area (Å²) in [6.07, 6.45) is 1.04. The second-order valence-electron chi connectivity index (χ2n) is 1.83. The Kier molecular flexibility index (Phi) is 1.23. The molecule has 0 spiro atoms. The van der Waals surface area contributed by atoms with E-state index in [2.05, 4.69) is 24.2 Å². The Morgan fingerprint density at radius 2 is 2.38 bits per heavy atom. The Morgan fingerprint density at radius 1 is 1.62 bits per heavy atom. The molecule has 1 heteroatoms. The van der Waals surface area contributed by atoms with Gasteiger partial charge in [0.15, 0.2) is 0 Å². The molecule has 0 aliphatic carbocycles. The summed E-state index contributed by atoms with van der Waals surface area (Å²) in [6.45, 7) is 8.31. The molecule has 1 nitrogen and oxygen atoms in total. The highest BCUT2D eigenvalue weighted by atomic mass is 14.9. The van der Waals surface area contributed by atoms with Gasteiger partial charge in [0.05, 0.1) is 5.70 Å². The number of rotatable bonds is 0. The summed E-state index contributed by atoms with van der Waals surface area (Å²) in [7, 11) is 0. The lowest BCUT2D eigenvalue weighted by Gasteiger charge is -1.90. The molecule has 0 aromatic rings. The minimum Gasteiger partial charge on any atom is -0.378 e. The van der Waals surface area contributed by atoms with Crippen molar-refractivity contribution < 1.29 is 0 Å². The maximum absolute atomic E-state index is 3.80. The SMILES string of the molecule is C=C=C1NCCC1=C. The van der Waals surface area contributed by atoms with Crippen molar-refractivity contribution in [3.8, 4) is 0 Å². The third-order valence-corrected chi connectivity index (χ3v) is 1.26. The van der Waals surface area contributed by atoms with Crippen molar-refractivity contribution in [3.63, 3.8) is 0 Å². The third-order valence-electron chi connectivity index (χ3n) is 1.26. The first-order valence-corrected chi connectivity index (χ1v) is 2.66. The van der Waals surface area contributed by atoms with E-state index in [0.29, 0.717) is 0 Å². The van der Waals surface area contributed by atoms with Gasteiger partial charge in [-0.2, -0.15) is 0 Å². The minimum atomic E-state index is 0.991. The largest absolute Gasteiger partial charge is 0.378 e. The van der Waals surface area contributed by atoms with Gasteiger partial charge in [0, 0.05) is 6.54 Å². The van der Waals surface area contributed by atoms with Crippen LogP contribution in [0.15, 0.2) is 30.2 Å². The van der Waals surface area contributed by atoms with Gasteiger partial charge >= 0.3 is 0 Å². The van der Waals surface area contributed by atoms with Crippen molar-refractivity contribution in [2.75, 3.05) is 6.54 Å². The average molecular weight is 107 g/mol. The van der Waals surface area contributed by atoms with Gasteiger partial charge in [-0.25, -0.2) is 0 Å². The second kappa shape index (κ2) is 1.89. The molecule has 1 rings (SSSR count). The maximum Gasteiger partial charge on any atom is 0.0794 e. The van der Waals surface area contributed by atoms with Crippen LogP contribution in [0.1, 0.15) is 6.42 Å². The molecule has 0 amide bonds. The molecule has 1 aliphatic rings. The maximum atomic E-state index is 3.80. The Hall–Kier alpha value is -0.940. The fraction of sp³-hybridized carbons (Fsp3) is 0.286. The van der Waals surface area contributed by atoms with E-state index in [-0.39, 0.29) is 0 Å². The van der Waals surface area contributed by atoms with Crippen LogP contribution in [-0.4, -0.2) is 6.54 Å². The highest BCUT2D eigenvalue weighted by molar-refractivity contribution is 5.29. The molecule has 0 saturated carbocycles. The second-order valence-corrected chi connectivity index (χ2v) is 1.83. The van der Waals surface area contributed by atoms with Crippen LogP contribution in [0.3, 0.4) is 0 Å². The third kappa shape index (κ3) is 0.682. The highest BCUT2D eigenvalue weighted by Gasteiger charge is 2.07. The van der Waals surface area contributed by atoms with E-state index < -0.39 is 0 Å². The van der Waals surface area contributed by atoms with Crippen molar-refractivity contribution in [2.45, 2.75) is 6.42 Å². The smallest absolute Gasteiger partial charge is 0.0794 e. The summed E-state index contributed by atoms with van der Waals surface area (Å²) >= 11 is 0. The van der Waals surface area contributed by atoms with Crippen molar-refractivity contribution in [2.24, 2.45) is 0 Å². The van der Waals surface area contributed by atoms with E-state index in [0.717, 1.165) is 24.2 Å². The first-order chi connectivity index (χ1) is 3.84. The molecule has 0 bridgehead atoms. The topological polar surface area (TPSA) is 12.0 Å². The molecule has 42 valence electrons. The summed E-state index contributed by atoms with van der Waals surface area (Å²) in [5.41, 5.74) is 4.89. The molecule has 8 heavy (non-hydrogen) atoms. The van der Waals surface area contributed by atoms with Crippen molar-refractivity contribution in [3.05, 3.63) is 30.2 Å². The molecule has 1 N–H and O–H groups in total. The molecule has 0 aromatic heterocycles. The standard InChI is InChI=1S/C7H9N/c1-3-7-6(2)4-5-8-7/h8H,1-2,4-5H2. The monoisotopic (exact) mass is 107 g/mol. The molecular formula is C7H9N. The fourth-order valence-electron chi connectivity index (χ4n) is 0.776. The van der Waals surface area contributed by atoms with Crippen LogP contribution < -0.4 is 5.32 Å². The molecule has 0 radical (unpaired) electrons. The number of allylic oxidation sites excluding steroid dienone is 1. The fourth-order valence-corrected chi connectivity index (χ4v) is 0.776. The van der Waals surface area contributed by atoms with Gasteiger partial charge < -0.3 is 5.32 Å². The summed E-state index contributed by atoms with van der Waals surface area (Å²) < 4.78 is 0. The highest BCUT2D eigenvalue weighted by Crippen LogP contribution is 2.12. The van der Waals surface area contributed by atoms with E-state index >= 15 is 0 Å². The molecule has 1 aliphatic heterocycles. The van der Waals surface area contributed by atoms with Gasteiger partial charge in [0.1, 0.15) is 0 Å². The van der Waals surface area contributed by atoms with Gasteiger partial charge in [-0.15, -0.1) is 5.73 Å². The lowest BCUT2D eigenvalue weighted by Crippen LogP contribution is -2.01. The lowest BCUT2D eigenvalue weighted by atomic mass is 10.2. The van der Waals surface area contributed by atoms with Crippen LogP contribution in [0, 0.1) is 0 Å². The van der Waals surface area contributed by atoms with E-state index in [1.165, 1.54) is 0 Å². The predicted octanol–water partition coefficient (Wildman–Crippen LogP) is 1.20. The Bertz CT molecular complexity index is 161. The normalized spacial score (nSPS) is 18.0. The molecule has 0 aromatic carbocycles. The Balaban J connectivity index is 2.84. The van der Waals surface area contributed by atoms with Crippen LogP contribution in [0.2, 0.25) is 0 Å². The zero-order chi connectivity index (χ0) is 5.98. The van der Waals surface area contributed by atoms with Crippen LogP contribution in [-0.2, 0) is 0 Å². The molecule has 0 atom stereocenters. The zero-order valence-electron chi connectivity index (χ0n) is 4.83. The van der Waals surface area contributed by atoms with Gasteiger partial charge in [0.2, 0.25) is 0 Å². The van der Waals surface area contributed by atoms with Crippen LogP contribution in [0.25, 0.3) is 0 Å². The van der Waals surface area contributed by atoms with E-state index in [9.17, 15) is 0 Å². The van der Waals surface area contributed by atoms with Crippen LogP contribution in [0.4, 0.5) is 0 Å². The van der Waals surface area contributed by atoms with E-state index in [4.69, 9.17) is 0 Å². The van der Waals surface area contributed by atoms with Gasteiger partial charge in [0.25, 0.3) is 0 Å². The Labute approximate surface area is 49.4 Å². The molecule has 1 heterocycles. The van der Waals surface area contributed by atoms with E-state index in [1.54, 1.807) is 0 Å². The first kappa shape index (κ1) is 5.20. The van der Waals surface area contributed by atoms with Gasteiger partial charge in [-0.3, -0.25) is 0 Å². The quantitative estimate of drug-likeness (QED) is 0.459. The number of hydrogen-bond acceptors (Lipinski definition) is 1. The summed E-state index contributed by atoms with van der Waals surface area (Å²) in [4.78, 5) is 0. The summed E-state index contributed by atoms with van der Waals surface area (Å²) in [5.74, 6) is 0. The van der Waals surface area contributed by atoms with E-state index in [1.807, 2.05) is 0 Å². The zero-order valence-corrected chi connectivity index (χ0v) is 4.83. The average Bonchev–Trinajstić information content (AvgIpc) is 2.14. The Morgan fingerprint density at radius 3 is 2.62 bits per heavy atom. The molecular weight excluding hydrogens is 98.1 g/mol. The summed E-state index contributed by atoms with van der Waals surface area (Å²) in [5, 5.41) is 3.10. The minimum absolute atomic E-state index is 0.991. The van der Waals surface area contributed by atoms with Crippen LogP contribution in [0.5, 0.6) is 0 Å². The summed E-state index contributed by atoms with van der Waals surface area (Å²) in [6, 6.07) is 0. The number of nitrogens with one attached hydrogen (secondary N) is 1. The molecule has 1 saturated heterocycles. The van der Waals surface area contributed by atoms with Crippen molar-refractivity contribution in [1.82, 2.24) is 5.32 Å². The first-order valence-electron chi connectivity index (χ1n) is 2.66. The number of hydrogen-bond donors (Lipinski definition) is 1. The van der Waals surface area contributed by atoms with Crippen molar-refractivity contribution in [1.29, 1.82) is 0 Å². The molecule has 1 fully saturated rings.